The highest BCUT2D eigenvalue weighted by Crippen LogP contribution is 2.21. The van der Waals surface area contributed by atoms with E-state index in [4.69, 9.17) is 5.11 Å². The molecule has 0 radical (unpaired) electrons. The van der Waals surface area contributed by atoms with Crippen LogP contribution in [0.4, 0.5) is 0 Å². The average Bonchev–Trinajstić information content (AvgIpc) is 2.74. The minimum atomic E-state index is 0.232. The Kier molecular flexibility index (Phi) is 3.82. The second-order valence-electron chi connectivity index (χ2n) is 4.64. The summed E-state index contributed by atoms with van der Waals surface area (Å²) in [6.07, 6.45) is 2.11. The highest BCUT2D eigenvalue weighted by molar-refractivity contribution is 5.83. The maximum atomic E-state index is 9.12. The molecule has 0 aliphatic heterocycles. The van der Waals surface area contributed by atoms with E-state index in [1.807, 2.05) is 7.05 Å². The van der Waals surface area contributed by atoms with Crippen molar-refractivity contribution < 1.29 is 5.11 Å². The van der Waals surface area contributed by atoms with Gasteiger partial charge in [0.05, 0.1) is 0 Å². The van der Waals surface area contributed by atoms with Gasteiger partial charge in [0.1, 0.15) is 0 Å². The van der Waals surface area contributed by atoms with Crippen molar-refractivity contribution in [3.05, 3.63) is 36.0 Å². The van der Waals surface area contributed by atoms with Gasteiger partial charge in [-0.3, -0.25) is 0 Å². The van der Waals surface area contributed by atoms with Crippen molar-refractivity contribution in [1.29, 1.82) is 0 Å². The van der Waals surface area contributed by atoms with Crippen molar-refractivity contribution in [2.75, 3.05) is 13.7 Å². The Balaban J connectivity index is 2.36. The van der Waals surface area contributed by atoms with Crippen LogP contribution < -0.4 is 5.32 Å². The van der Waals surface area contributed by atoms with Gasteiger partial charge in [0, 0.05) is 36.8 Å². The number of nitrogens with one attached hydrogen (secondary N) is 1. The van der Waals surface area contributed by atoms with Crippen molar-refractivity contribution in [2.45, 2.75) is 20.0 Å². The van der Waals surface area contributed by atoms with Gasteiger partial charge in [-0.1, -0.05) is 19.1 Å². The molecule has 0 spiro atoms. The molecule has 0 aliphatic carbocycles. The van der Waals surface area contributed by atoms with Gasteiger partial charge in [-0.15, -0.1) is 0 Å². The molecular weight excluding hydrogens is 212 g/mol. The molecule has 1 aromatic heterocycles. The molecule has 0 saturated heterocycles. The van der Waals surface area contributed by atoms with Gasteiger partial charge < -0.3 is 15.0 Å². The van der Waals surface area contributed by atoms with E-state index in [1.54, 1.807) is 0 Å². The number of fused-ring (bicyclic) bond motifs is 1. The summed E-state index contributed by atoms with van der Waals surface area (Å²) in [7, 11) is 1.96. The van der Waals surface area contributed by atoms with Gasteiger partial charge >= 0.3 is 0 Å². The van der Waals surface area contributed by atoms with Gasteiger partial charge in [-0.05, 0) is 30.7 Å². The van der Waals surface area contributed by atoms with E-state index in [9.17, 15) is 0 Å². The van der Waals surface area contributed by atoms with Crippen molar-refractivity contribution >= 4 is 10.9 Å². The van der Waals surface area contributed by atoms with E-state index in [-0.39, 0.29) is 6.61 Å². The molecule has 0 fully saturated rings. The number of nitrogens with zero attached hydrogens (tertiary/aromatic N) is 1. The Labute approximate surface area is 102 Å². The maximum absolute atomic E-state index is 9.12. The fourth-order valence-corrected chi connectivity index (χ4v) is 2.18. The minimum Gasteiger partial charge on any atom is -0.396 e. The number of benzene rings is 1. The second-order valence-corrected chi connectivity index (χ2v) is 4.64. The fraction of sp³-hybridized carbons (Fsp3) is 0.429. The lowest BCUT2D eigenvalue weighted by atomic mass is 10.1. The average molecular weight is 232 g/mol. The molecule has 2 rings (SSSR count). The predicted octanol–water partition coefficient (Wildman–Crippen LogP) is 1.99. The van der Waals surface area contributed by atoms with Gasteiger partial charge in [0.25, 0.3) is 0 Å². The summed E-state index contributed by atoms with van der Waals surface area (Å²) in [4.78, 5) is 0. The van der Waals surface area contributed by atoms with Crippen LogP contribution in [-0.4, -0.2) is 23.3 Å². The summed E-state index contributed by atoms with van der Waals surface area (Å²) < 4.78 is 2.22. The molecule has 3 heteroatoms. The van der Waals surface area contributed by atoms with Crippen LogP contribution in [0.5, 0.6) is 0 Å². The largest absolute Gasteiger partial charge is 0.396 e. The number of hydrogen-bond donors (Lipinski definition) is 2. The molecule has 3 nitrogen and oxygen atoms in total. The first-order valence-corrected chi connectivity index (χ1v) is 6.08. The fourth-order valence-electron chi connectivity index (χ4n) is 2.18. The summed E-state index contributed by atoms with van der Waals surface area (Å²) >= 11 is 0. The summed E-state index contributed by atoms with van der Waals surface area (Å²) in [6.45, 7) is 4.04. The molecule has 1 unspecified atom stereocenters. The summed E-state index contributed by atoms with van der Waals surface area (Å²) in [5.41, 5.74) is 2.57. The first-order chi connectivity index (χ1) is 8.26. The number of rotatable bonds is 5. The first-order valence-electron chi connectivity index (χ1n) is 6.08. The van der Waals surface area contributed by atoms with Gasteiger partial charge in [-0.2, -0.15) is 0 Å². The van der Waals surface area contributed by atoms with Crippen LogP contribution in [0.2, 0.25) is 0 Å². The van der Waals surface area contributed by atoms with Gasteiger partial charge in [-0.25, -0.2) is 0 Å². The summed E-state index contributed by atoms with van der Waals surface area (Å²) in [5, 5.41) is 13.6. The molecule has 0 saturated carbocycles. The Morgan fingerprint density at radius 3 is 2.88 bits per heavy atom. The van der Waals surface area contributed by atoms with E-state index in [0.29, 0.717) is 5.92 Å². The lowest BCUT2D eigenvalue weighted by Crippen LogP contribution is -2.10. The van der Waals surface area contributed by atoms with Crippen LogP contribution in [0.15, 0.2) is 30.5 Å². The molecule has 2 aromatic rings. The minimum absolute atomic E-state index is 0.232. The summed E-state index contributed by atoms with van der Waals surface area (Å²) in [6, 6.07) is 8.54. The Hall–Kier alpha value is -1.32. The molecule has 2 N–H and O–H groups in total. The quantitative estimate of drug-likeness (QED) is 0.827. The second kappa shape index (κ2) is 5.34. The topological polar surface area (TPSA) is 37.2 Å². The molecule has 1 aromatic carbocycles. The third kappa shape index (κ3) is 2.51. The third-order valence-corrected chi connectivity index (χ3v) is 3.09. The molecule has 17 heavy (non-hydrogen) atoms. The first kappa shape index (κ1) is 12.1. The number of aliphatic hydroxyl groups is 1. The SMILES string of the molecule is CNCc1cccc2c1ccn2CC(C)CO. The Morgan fingerprint density at radius 1 is 1.35 bits per heavy atom. The van der Waals surface area contributed by atoms with Crippen LogP contribution in [0.25, 0.3) is 10.9 Å². The van der Waals surface area contributed by atoms with Crippen molar-refractivity contribution in [2.24, 2.45) is 5.92 Å². The zero-order chi connectivity index (χ0) is 12.3. The normalized spacial score (nSPS) is 13.1. The zero-order valence-electron chi connectivity index (χ0n) is 10.5. The smallest absolute Gasteiger partial charge is 0.0483 e. The van der Waals surface area contributed by atoms with Gasteiger partial charge in [0.15, 0.2) is 0 Å². The predicted molar refractivity (Wildman–Crippen MR) is 71.0 cm³/mol. The molecule has 1 heterocycles. The maximum Gasteiger partial charge on any atom is 0.0483 e. The number of aromatic nitrogens is 1. The molecule has 0 amide bonds. The molecule has 0 bridgehead atoms. The van der Waals surface area contributed by atoms with Crippen LogP contribution in [0, 0.1) is 5.92 Å². The van der Waals surface area contributed by atoms with E-state index in [0.717, 1.165) is 13.1 Å². The lowest BCUT2D eigenvalue weighted by molar-refractivity contribution is 0.224. The molecule has 92 valence electrons. The number of hydrogen-bond acceptors (Lipinski definition) is 2. The van der Waals surface area contributed by atoms with E-state index < -0.39 is 0 Å². The van der Waals surface area contributed by atoms with E-state index in [1.165, 1.54) is 16.5 Å². The van der Waals surface area contributed by atoms with Crippen molar-refractivity contribution in [3.63, 3.8) is 0 Å². The van der Waals surface area contributed by atoms with Crippen LogP contribution in [-0.2, 0) is 13.1 Å². The van der Waals surface area contributed by atoms with Crippen LogP contribution >= 0.6 is 0 Å². The monoisotopic (exact) mass is 232 g/mol. The highest BCUT2D eigenvalue weighted by Gasteiger charge is 2.07. The highest BCUT2D eigenvalue weighted by atomic mass is 16.3. The van der Waals surface area contributed by atoms with E-state index >= 15 is 0 Å². The summed E-state index contributed by atoms with van der Waals surface area (Å²) in [5.74, 6) is 0.290. The third-order valence-electron chi connectivity index (χ3n) is 3.09. The van der Waals surface area contributed by atoms with Crippen LogP contribution in [0.3, 0.4) is 0 Å². The molecule has 0 aliphatic rings. The van der Waals surface area contributed by atoms with Crippen molar-refractivity contribution in [3.8, 4) is 0 Å². The standard InChI is InChI=1S/C14H20N2O/c1-11(10-17)9-16-7-6-13-12(8-15-2)4-3-5-14(13)16/h3-7,11,15,17H,8-10H2,1-2H3. The van der Waals surface area contributed by atoms with Crippen LogP contribution in [0.1, 0.15) is 12.5 Å². The van der Waals surface area contributed by atoms with E-state index in [2.05, 4.69) is 47.3 Å². The van der Waals surface area contributed by atoms with Gasteiger partial charge in [0.2, 0.25) is 0 Å². The zero-order valence-corrected chi connectivity index (χ0v) is 10.5. The van der Waals surface area contributed by atoms with Crippen molar-refractivity contribution in [1.82, 2.24) is 9.88 Å². The molecule has 1 atom stereocenters. The lowest BCUT2D eigenvalue weighted by Gasteiger charge is -2.11. The Morgan fingerprint density at radius 2 is 2.18 bits per heavy atom. The molecular formula is C14H20N2O. The Bertz CT molecular complexity index is 490. The number of aliphatic hydroxyl groups excluding tert-OH is 1.